The molecule has 0 amide bonds. The Balaban J connectivity index is 1.38. The average molecular weight is 463 g/mol. The number of aromatic nitrogens is 3. The maximum atomic E-state index is 13.4. The van der Waals surface area contributed by atoms with E-state index < -0.39 is 5.97 Å². The Hall–Kier alpha value is -4.52. The Morgan fingerprint density at radius 3 is 2.86 bits per heavy atom. The number of allylic oxidation sites excluding steroid dienone is 1. The van der Waals surface area contributed by atoms with Crippen molar-refractivity contribution >= 4 is 34.2 Å². The van der Waals surface area contributed by atoms with Crippen molar-refractivity contribution in [1.29, 1.82) is 0 Å². The van der Waals surface area contributed by atoms with Crippen LogP contribution in [0.5, 0.6) is 0 Å². The van der Waals surface area contributed by atoms with E-state index in [9.17, 15) is 9.59 Å². The third-order valence-corrected chi connectivity index (χ3v) is 6.30. The van der Waals surface area contributed by atoms with Gasteiger partial charge in [-0.3, -0.25) is 9.20 Å². The first-order valence-corrected chi connectivity index (χ1v) is 11.4. The summed E-state index contributed by atoms with van der Waals surface area (Å²) in [7, 11) is 0. The van der Waals surface area contributed by atoms with Crippen LogP contribution < -0.4 is 5.56 Å². The lowest BCUT2D eigenvalue weighted by atomic mass is 10.0. The molecular weight excluding hydrogens is 442 g/mol. The molecule has 7 nitrogen and oxygen atoms in total. The number of para-hydroxylation sites is 1. The highest BCUT2D eigenvalue weighted by atomic mass is 16.5. The summed E-state index contributed by atoms with van der Waals surface area (Å²) in [6, 6.07) is 16.4. The summed E-state index contributed by atoms with van der Waals surface area (Å²) in [4.78, 5) is 35.4. The summed E-state index contributed by atoms with van der Waals surface area (Å²) >= 11 is 0. The fraction of sp³-hybridized carbons (Fsp3) is 0.143. The van der Waals surface area contributed by atoms with Crippen LogP contribution in [0.4, 0.5) is 0 Å². The van der Waals surface area contributed by atoms with E-state index in [0.29, 0.717) is 23.3 Å². The molecule has 4 aromatic heterocycles. The number of furan rings is 1. The van der Waals surface area contributed by atoms with Crippen LogP contribution in [0.25, 0.3) is 28.2 Å². The zero-order valence-corrected chi connectivity index (χ0v) is 19.0. The molecule has 35 heavy (non-hydrogen) atoms. The van der Waals surface area contributed by atoms with E-state index in [1.54, 1.807) is 18.5 Å². The Labute approximate surface area is 200 Å². The van der Waals surface area contributed by atoms with Gasteiger partial charge in [0.2, 0.25) is 0 Å². The van der Waals surface area contributed by atoms with Gasteiger partial charge in [-0.2, -0.15) is 0 Å². The molecule has 5 aromatic rings. The lowest BCUT2D eigenvalue weighted by Gasteiger charge is -2.12. The van der Waals surface area contributed by atoms with E-state index in [4.69, 9.17) is 14.1 Å². The van der Waals surface area contributed by atoms with E-state index >= 15 is 0 Å². The Morgan fingerprint density at radius 2 is 2.00 bits per heavy atom. The second kappa shape index (κ2) is 8.36. The van der Waals surface area contributed by atoms with E-state index in [1.165, 1.54) is 10.5 Å². The van der Waals surface area contributed by atoms with Crippen molar-refractivity contribution in [3.8, 4) is 0 Å². The number of ether oxygens (including phenoxy) is 1. The van der Waals surface area contributed by atoms with Gasteiger partial charge in [0.05, 0.1) is 28.7 Å². The molecule has 1 aliphatic rings. The molecule has 0 atom stereocenters. The molecule has 1 aliphatic carbocycles. The standard InChI is InChI=1S/C28H21N3O4/c1-17-6-4-12-31-24(32)15-19(29-27(17)31)16-35-28(33)25-21-8-2-3-9-23(21)30-26-18(10-11-22(25)26)14-20-7-5-13-34-20/h2-9,12-15H,10-11,16H2,1H3/b18-14-. The Morgan fingerprint density at radius 1 is 1.11 bits per heavy atom. The van der Waals surface area contributed by atoms with Crippen molar-refractivity contribution in [2.24, 2.45) is 0 Å². The molecule has 0 saturated carbocycles. The number of benzene rings is 1. The minimum absolute atomic E-state index is 0.0978. The van der Waals surface area contributed by atoms with Gasteiger partial charge in [0, 0.05) is 17.6 Å². The maximum Gasteiger partial charge on any atom is 0.339 e. The number of carbonyl (C=O) groups excluding carboxylic acids is 1. The Kier molecular flexibility index (Phi) is 5.03. The van der Waals surface area contributed by atoms with E-state index in [2.05, 4.69) is 4.98 Å². The monoisotopic (exact) mass is 463 g/mol. The molecule has 4 heterocycles. The van der Waals surface area contributed by atoms with Crippen molar-refractivity contribution in [3.05, 3.63) is 111 Å². The number of rotatable bonds is 4. The maximum absolute atomic E-state index is 13.4. The molecule has 6 rings (SSSR count). The van der Waals surface area contributed by atoms with Crippen molar-refractivity contribution in [1.82, 2.24) is 14.4 Å². The molecule has 0 unspecified atom stereocenters. The van der Waals surface area contributed by atoms with Crippen LogP contribution in [0.3, 0.4) is 0 Å². The van der Waals surface area contributed by atoms with Crippen LogP contribution in [0.2, 0.25) is 0 Å². The number of hydrogen-bond acceptors (Lipinski definition) is 6. The fourth-order valence-corrected chi connectivity index (χ4v) is 4.65. The van der Waals surface area contributed by atoms with Gasteiger partial charge in [-0.25, -0.2) is 14.8 Å². The lowest BCUT2D eigenvalue weighted by molar-refractivity contribution is 0.0469. The third-order valence-electron chi connectivity index (χ3n) is 6.30. The smallest absolute Gasteiger partial charge is 0.339 e. The van der Waals surface area contributed by atoms with Gasteiger partial charge in [0.15, 0.2) is 0 Å². The SMILES string of the molecule is Cc1cccn2c(=O)cc(COC(=O)c3c4c(nc5ccccc35)/C(=C\c3ccco3)CC4)nc12. The highest BCUT2D eigenvalue weighted by molar-refractivity contribution is 6.07. The number of hydrogen-bond donors (Lipinski definition) is 0. The summed E-state index contributed by atoms with van der Waals surface area (Å²) < 4.78 is 12.7. The summed E-state index contributed by atoms with van der Waals surface area (Å²) in [5.74, 6) is 0.293. The number of fused-ring (bicyclic) bond motifs is 3. The molecule has 7 heteroatoms. The van der Waals surface area contributed by atoms with Crippen molar-refractivity contribution in [2.45, 2.75) is 26.4 Å². The van der Waals surface area contributed by atoms with Crippen molar-refractivity contribution in [3.63, 3.8) is 0 Å². The van der Waals surface area contributed by atoms with Crippen molar-refractivity contribution in [2.75, 3.05) is 0 Å². The predicted molar refractivity (Wildman–Crippen MR) is 132 cm³/mol. The third kappa shape index (κ3) is 3.71. The summed E-state index contributed by atoms with van der Waals surface area (Å²) in [5.41, 5.74) is 5.54. The van der Waals surface area contributed by atoms with E-state index in [1.807, 2.05) is 55.5 Å². The molecule has 0 saturated heterocycles. The van der Waals surface area contributed by atoms with Gasteiger partial charge in [-0.05, 0) is 66.8 Å². The molecule has 0 spiro atoms. The number of carbonyl (C=O) groups is 1. The van der Waals surface area contributed by atoms with Gasteiger partial charge >= 0.3 is 5.97 Å². The minimum Gasteiger partial charge on any atom is -0.465 e. The zero-order valence-electron chi connectivity index (χ0n) is 19.0. The Bertz CT molecular complexity index is 1700. The van der Waals surface area contributed by atoms with Gasteiger partial charge in [-0.15, -0.1) is 0 Å². The lowest BCUT2D eigenvalue weighted by Crippen LogP contribution is -2.17. The largest absolute Gasteiger partial charge is 0.465 e. The van der Waals surface area contributed by atoms with Gasteiger partial charge in [-0.1, -0.05) is 24.3 Å². The van der Waals surface area contributed by atoms with Crippen LogP contribution in [-0.2, 0) is 17.8 Å². The summed E-state index contributed by atoms with van der Waals surface area (Å²) in [6.45, 7) is 1.79. The molecular formula is C28H21N3O4. The number of esters is 1. The molecule has 0 N–H and O–H groups in total. The minimum atomic E-state index is -0.453. The predicted octanol–water partition coefficient (Wildman–Crippen LogP) is 4.99. The van der Waals surface area contributed by atoms with Gasteiger partial charge < -0.3 is 9.15 Å². The first-order chi connectivity index (χ1) is 17.1. The van der Waals surface area contributed by atoms with Crippen LogP contribution in [0.15, 0.2) is 76.3 Å². The molecule has 1 aromatic carbocycles. The van der Waals surface area contributed by atoms with E-state index in [-0.39, 0.29) is 12.2 Å². The normalized spacial score (nSPS) is 14.0. The molecule has 0 fully saturated rings. The van der Waals surface area contributed by atoms with Crippen LogP contribution in [0.1, 0.15) is 45.1 Å². The number of aryl methyl sites for hydroxylation is 1. The van der Waals surface area contributed by atoms with Crippen LogP contribution in [-0.4, -0.2) is 20.3 Å². The molecule has 0 bridgehead atoms. The second-order valence-electron chi connectivity index (χ2n) is 8.56. The van der Waals surface area contributed by atoms with E-state index in [0.717, 1.165) is 45.5 Å². The highest BCUT2D eigenvalue weighted by Gasteiger charge is 2.28. The van der Waals surface area contributed by atoms with Gasteiger partial charge in [0.25, 0.3) is 5.56 Å². The number of pyridine rings is 2. The average Bonchev–Trinajstić information content (AvgIpc) is 3.52. The van der Waals surface area contributed by atoms with Gasteiger partial charge in [0.1, 0.15) is 18.0 Å². The molecule has 0 aliphatic heterocycles. The van der Waals surface area contributed by atoms with Crippen molar-refractivity contribution < 1.29 is 13.9 Å². The summed E-state index contributed by atoms with van der Waals surface area (Å²) in [6.07, 6.45) is 6.71. The second-order valence-corrected chi connectivity index (χ2v) is 8.56. The van der Waals surface area contributed by atoms with Crippen LogP contribution in [0, 0.1) is 6.92 Å². The quantitative estimate of drug-likeness (QED) is 0.349. The highest BCUT2D eigenvalue weighted by Crippen LogP contribution is 2.37. The number of nitrogens with zero attached hydrogens (tertiary/aromatic N) is 3. The molecule has 0 radical (unpaired) electrons. The summed E-state index contributed by atoms with van der Waals surface area (Å²) in [5, 5.41) is 0.748. The first-order valence-electron chi connectivity index (χ1n) is 11.4. The van der Waals surface area contributed by atoms with Crippen LogP contribution >= 0.6 is 0 Å². The molecule has 172 valence electrons. The topological polar surface area (TPSA) is 86.7 Å². The zero-order chi connectivity index (χ0) is 23.9. The first kappa shape index (κ1) is 21.0. The fourth-order valence-electron chi connectivity index (χ4n) is 4.65.